The molecule has 0 radical (unpaired) electrons. The number of likely N-dealkylation sites (tertiary alicyclic amines) is 1. The molecule has 3 N–H and O–H groups in total. The summed E-state index contributed by atoms with van der Waals surface area (Å²) in [6, 6.07) is 8.82. The first-order chi connectivity index (χ1) is 16.0. The Balaban J connectivity index is 1.35. The number of carbonyl (C=O) groups is 3. The minimum atomic E-state index is -0.456. The fourth-order valence-corrected chi connectivity index (χ4v) is 4.39. The lowest BCUT2D eigenvalue weighted by atomic mass is 9.96. The van der Waals surface area contributed by atoms with Gasteiger partial charge in [0.1, 0.15) is 0 Å². The fourth-order valence-electron chi connectivity index (χ4n) is 3.68. The number of hydrazine groups is 1. The second-order valence-electron chi connectivity index (χ2n) is 7.74. The van der Waals surface area contributed by atoms with Crippen LogP contribution in [0.15, 0.2) is 35.7 Å². The Morgan fingerprint density at radius 3 is 2.48 bits per heavy atom. The molecule has 10 heteroatoms. The number of hydrogen-bond acceptors (Lipinski definition) is 7. The van der Waals surface area contributed by atoms with Crippen molar-refractivity contribution in [3.63, 3.8) is 0 Å². The van der Waals surface area contributed by atoms with Crippen molar-refractivity contribution in [3.05, 3.63) is 46.2 Å². The average Bonchev–Trinajstić information content (AvgIpc) is 3.36. The van der Waals surface area contributed by atoms with Gasteiger partial charge < -0.3 is 14.8 Å². The summed E-state index contributed by atoms with van der Waals surface area (Å²) in [7, 11) is 3.00. The van der Waals surface area contributed by atoms with E-state index >= 15 is 0 Å². The van der Waals surface area contributed by atoms with E-state index in [1.54, 1.807) is 23.5 Å². The van der Waals surface area contributed by atoms with Crippen molar-refractivity contribution in [2.75, 3.05) is 40.4 Å². The van der Waals surface area contributed by atoms with E-state index in [4.69, 9.17) is 9.47 Å². The largest absolute Gasteiger partial charge is 0.493 e. The van der Waals surface area contributed by atoms with Gasteiger partial charge in [0.2, 0.25) is 5.91 Å². The third kappa shape index (κ3) is 7.19. The van der Waals surface area contributed by atoms with Crippen LogP contribution < -0.4 is 25.6 Å². The van der Waals surface area contributed by atoms with Gasteiger partial charge in [-0.2, -0.15) is 0 Å². The summed E-state index contributed by atoms with van der Waals surface area (Å²) >= 11 is 1.69. The second kappa shape index (κ2) is 12.2. The molecule has 0 saturated carbocycles. The Kier molecular flexibility index (Phi) is 9.08. The number of nitrogens with zero attached hydrogens (tertiary/aromatic N) is 1. The van der Waals surface area contributed by atoms with Gasteiger partial charge in [0.15, 0.2) is 11.5 Å². The number of benzene rings is 1. The molecule has 9 nitrogen and oxygen atoms in total. The van der Waals surface area contributed by atoms with Crippen LogP contribution in [0.5, 0.6) is 11.5 Å². The monoisotopic (exact) mass is 474 g/mol. The Labute approximate surface area is 197 Å². The van der Waals surface area contributed by atoms with Crippen LogP contribution in [-0.2, 0) is 16.0 Å². The van der Waals surface area contributed by atoms with Crippen LogP contribution in [0.4, 0.5) is 0 Å². The number of nitrogens with one attached hydrogen (secondary N) is 3. The zero-order valence-corrected chi connectivity index (χ0v) is 19.7. The molecule has 178 valence electrons. The van der Waals surface area contributed by atoms with E-state index in [0.29, 0.717) is 49.5 Å². The molecule has 0 spiro atoms. The first-order valence-electron chi connectivity index (χ1n) is 10.8. The first kappa shape index (κ1) is 24.5. The standard InChI is InChI=1S/C23H30N4O5S/c1-31-19-6-5-17(14-20(19)32-2)23(30)26-25-21(28)15-27-11-8-16(9-12-27)22(29)24-10-7-18-4-3-13-33-18/h3-6,13-14,16H,7-12,15H2,1-2H3,(H,24,29)(H,25,28)(H,26,30). The smallest absolute Gasteiger partial charge is 0.269 e. The maximum absolute atomic E-state index is 12.4. The lowest BCUT2D eigenvalue weighted by Gasteiger charge is -2.30. The van der Waals surface area contributed by atoms with E-state index in [9.17, 15) is 14.4 Å². The van der Waals surface area contributed by atoms with Gasteiger partial charge in [-0.05, 0) is 62.0 Å². The van der Waals surface area contributed by atoms with Crippen LogP contribution >= 0.6 is 11.3 Å². The number of rotatable bonds is 9. The van der Waals surface area contributed by atoms with Gasteiger partial charge in [-0.1, -0.05) is 6.07 Å². The van der Waals surface area contributed by atoms with Crippen molar-refractivity contribution in [2.24, 2.45) is 5.92 Å². The van der Waals surface area contributed by atoms with E-state index < -0.39 is 5.91 Å². The summed E-state index contributed by atoms with van der Waals surface area (Å²) in [6.07, 6.45) is 2.25. The zero-order valence-electron chi connectivity index (χ0n) is 18.9. The van der Waals surface area contributed by atoms with Gasteiger partial charge >= 0.3 is 0 Å². The molecule has 2 heterocycles. The third-order valence-electron chi connectivity index (χ3n) is 5.54. The van der Waals surface area contributed by atoms with Crippen molar-refractivity contribution in [1.82, 2.24) is 21.1 Å². The summed E-state index contributed by atoms with van der Waals surface area (Å²) in [4.78, 5) is 40.2. The van der Waals surface area contributed by atoms with E-state index in [1.165, 1.54) is 25.2 Å². The van der Waals surface area contributed by atoms with Crippen LogP contribution in [-0.4, -0.2) is 63.0 Å². The van der Waals surface area contributed by atoms with Crippen molar-refractivity contribution in [1.29, 1.82) is 0 Å². The third-order valence-corrected chi connectivity index (χ3v) is 6.47. The number of methoxy groups -OCH3 is 2. The highest BCUT2D eigenvalue weighted by Gasteiger charge is 2.25. The number of ether oxygens (including phenoxy) is 2. The van der Waals surface area contributed by atoms with Crippen LogP contribution in [0, 0.1) is 5.92 Å². The van der Waals surface area contributed by atoms with Crippen molar-refractivity contribution >= 4 is 29.1 Å². The van der Waals surface area contributed by atoms with Crippen molar-refractivity contribution < 1.29 is 23.9 Å². The molecule has 1 saturated heterocycles. The van der Waals surface area contributed by atoms with Gasteiger partial charge in [0.25, 0.3) is 11.8 Å². The normalized spacial score (nSPS) is 14.4. The van der Waals surface area contributed by atoms with Crippen LogP contribution in [0.3, 0.4) is 0 Å². The first-order valence-corrected chi connectivity index (χ1v) is 11.7. The molecular weight excluding hydrogens is 444 g/mol. The van der Waals surface area contributed by atoms with Gasteiger partial charge in [-0.15, -0.1) is 11.3 Å². The lowest BCUT2D eigenvalue weighted by molar-refractivity contribution is -0.127. The highest BCUT2D eigenvalue weighted by atomic mass is 32.1. The molecule has 0 bridgehead atoms. The van der Waals surface area contributed by atoms with E-state index in [0.717, 1.165) is 6.42 Å². The molecule has 1 aliphatic rings. The van der Waals surface area contributed by atoms with E-state index in [2.05, 4.69) is 22.2 Å². The molecular formula is C23H30N4O5S. The molecule has 1 fully saturated rings. The van der Waals surface area contributed by atoms with E-state index in [-0.39, 0.29) is 24.3 Å². The average molecular weight is 475 g/mol. The van der Waals surface area contributed by atoms with Crippen molar-refractivity contribution in [3.8, 4) is 11.5 Å². The topological polar surface area (TPSA) is 109 Å². The van der Waals surface area contributed by atoms with Gasteiger partial charge in [-0.3, -0.25) is 30.1 Å². The molecule has 33 heavy (non-hydrogen) atoms. The number of hydrogen-bond donors (Lipinski definition) is 3. The molecule has 3 amide bonds. The summed E-state index contributed by atoms with van der Waals surface area (Å²) in [6.45, 7) is 2.10. The highest BCUT2D eigenvalue weighted by molar-refractivity contribution is 7.09. The molecule has 1 aromatic carbocycles. The Morgan fingerprint density at radius 2 is 1.82 bits per heavy atom. The molecule has 1 aromatic heterocycles. The maximum Gasteiger partial charge on any atom is 0.269 e. The number of amides is 3. The highest BCUT2D eigenvalue weighted by Crippen LogP contribution is 2.27. The summed E-state index contributed by atoms with van der Waals surface area (Å²) in [5.74, 6) is 0.215. The van der Waals surface area contributed by atoms with Crippen molar-refractivity contribution in [2.45, 2.75) is 19.3 Å². The minimum Gasteiger partial charge on any atom is -0.493 e. The molecule has 1 aliphatic heterocycles. The number of thiophene rings is 1. The molecule has 0 atom stereocenters. The quantitative estimate of drug-likeness (QED) is 0.477. The van der Waals surface area contributed by atoms with Gasteiger partial charge in [0, 0.05) is 22.9 Å². The van der Waals surface area contributed by atoms with E-state index in [1.807, 2.05) is 16.3 Å². The summed E-state index contributed by atoms with van der Waals surface area (Å²) in [5.41, 5.74) is 5.19. The summed E-state index contributed by atoms with van der Waals surface area (Å²) in [5, 5.41) is 5.05. The Hall–Kier alpha value is -3.11. The summed E-state index contributed by atoms with van der Waals surface area (Å²) < 4.78 is 10.3. The lowest BCUT2D eigenvalue weighted by Crippen LogP contribution is -2.48. The van der Waals surface area contributed by atoms with Crippen LogP contribution in [0.25, 0.3) is 0 Å². The second-order valence-corrected chi connectivity index (χ2v) is 8.78. The molecule has 2 aromatic rings. The zero-order chi connectivity index (χ0) is 23.6. The minimum absolute atomic E-state index is 0.0302. The Bertz CT molecular complexity index is 942. The molecule has 3 rings (SSSR count). The predicted molar refractivity (Wildman–Crippen MR) is 125 cm³/mol. The number of piperidine rings is 1. The van der Waals surface area contributed by atoms with Crippen LogP contribution in [0.2, 0.25) is 0 Å². The maximum atomic E-state index is 12.4. The SMILES string of the molecule is COc1ccc(C(=O)NNC(=O)CN2CCC(C(=O)NCCc3cccs3)CC2)cc1OC. The molecule has 0 unspecified atom stereocenters. The van der Waals surface area contributed by atoms with Gasteiger partial charge in [-0.25, -0.2) is 0 Å². The fraction of sp³-hybridized carbons (Fsp3) is 0.435. The Morgan fingerprint density at radius 1 is 1.06 bits per heavy atom. The predicted octanol–water partition coefficient (Wildman–Crippen LogP) is 1.60. The van der Waals surface area contributed by atoms with Crippen LogP contribution in [0.1, 0.15) is 28.1 Å². The van der Waals surface area contributed by atoms with Gasteiger partial charge in [0.05, 0.1) is 20.8 Å². The molecule has 0 aliphatic carbocycles. The number of carbonyl (C=O) groups excluding carboxylic acids is 3.